The van der Waals surface area contributed by atoms with Gasteiger partial charge in [0.2, 0.25) is 0 Å². The highest BCUT2D eigenvalue weighted by Crippen LogP contribution is 2.28. The summed E-state index contributed by atoms with van der Waals surface area (Å²) in [5.74, 6) is -0.00685. The standard InChI is InChI=1S/C21H19F3N6O2/c1-4-26-19(25-2)11-27-18-9-20(31)30(13-17(18)14-10-28-29(3)12-14)15-5-7-16(8-6-15)32-21(22,23)24/h4-10,12-13,27H,1-2,11H2,3H3. The number of nitrogens with zero attached hydrogens (tertiary/aromatic N) is 5. The number of anilines is 1. The number of nitrogens with one attached hydrogen (secondary N) is 1. The molecule has 2 heterocycles. The monoisotopic (exact) mass is 444 g/mol. The van der Waals surface area contributed by atoms with Gasteiger partial charge in [0.1, 0.15) is 11.6 Å². The maximum atomic E-state index is 12.8. The van der Waals surface area contributed by atoms with Crippen molar-refractivity contribution in [1.29, 1.82) is 0 Å². The summed E-state index contributed by atoms with van der Waals surface area (Å²) in [6, 6.07) is 6.37. The molecule has 0 unspecified atom stereocenters. The third kappa shape index (κ3) is 5.50. The summed E-state index contributed by atoms with van der Waals surface area (Å²) in [5, 5.41) is 7.26. The van der Waals surface area contributed by atoms with Crippen LogP contribution in [0.3, 0.4) is 0 Å². The number of alkyl halides is 3. The molecule has 2 aromatic heterocycles. The van der Waals surface area contributed by atoms with E-state index in [2.05, 4.69) is 38.4 Å². The quantitative estimate of drug-likeness (QED) is 0.444. The Bertz CT molecular complexity index is 1210. The number of pyridine rings is 1. The average Bonchev–Trinajstić information content (AvgIpc) is 3.17. The Morgan fingerprint density at radius 3 is 2.56 bits per heavy atom. The van der Waals surface area contributed by atoms with E-state index in [1.165, 1.54) is 29.0 Å². The van der Waals surface area contributed by atoms with Crippen LogP contribution in [-0.2, 0) is 7.05 Å². The lowest BCUT2D eigenvalue weighted by Gasteiger charge is -2.15. The molecule has 0 saturated carbocycles. The highest BCUT2D eigenvalue weighted by molar-refractivity contribution is 5.91. The van der Waals surface area contributed by atoms with Crippen molar-refractivity contribution >= 4 is 18.2 Å². The molecule has 0 saturated heterocycles. The van der Waals surface area contributed by atoms with Gasteiger partial charge in [0, 0.05) is 54.2 Å². The van der Waals surface area contributed by atoms with Crippen LogP contribution >= 0.6 is 0 Å². The first-order valence-electron chi connectivity index (χ1n) is 9.20. The van der Waals surface area contributed by atoms with E-state index < -0.39 is 11.9 Å². The van der Waals surface area contributed by atoms with Crippen LogP contribution in [0, 0.1) is 0 Å². The Hall–Kier alpha value is -4.15. The van der Waals surface area contributed by atoms with Crippen molar-refractivity contribution in [3.8, 4) is 22.6 Å². The summed E-state index contributed by atoms with van der Waals surface area (Å²) in [4.78, 5) is 20.6. The fourth-order valence-corrected chi connectivity index (χ4v) is 2.90. The molecule has 0 radical (unpaired) electrons. The van der Waals surface area contributed by atoms with Crippen molar-refractivity contribution in [2.45, 2.75) is 6.36 Å². The van der Waals surface area contributed by atoms with Gasteiger partial charge in [-0.3, -0.25) is 14.0 Å². The summed E-state index contributed by atoms with van der Waals surface area (Å²) in [5.41, 5.74) is 1.81. The molecule has 0 spiro atoms. The zero-order valence-electron chi connectivity index (χ0n) is 17.0. The molecule has 166 valence electrons. The molecule has 0 aliphatic heterocycles. The van der Waals surface area contributed by atoms with E-state index in [1.807, 2.05) is 0 Å². The van der Waals surface area contributed by atoms with E-state index in [1.54, 1.807) is 30.3 Å². The molecule has 0 aliphatic carbocycles. The van der Waals surface area contributed by atoms with E-state index in [-0.39, 0.29) is 12.3 Å². The molecule has 8 nitrogen and oxygen atoms in total. The molecule has 3 aromatic rings. The normalized spacial score (nSPS) is 11.8. The van der Waals surface area contributed by atoms with Crippen LogP contribution in [0.5, 0.6) is 5.75 Å². The third-order valence-electron chi connectivity index (χ3n) is 4.28. The number of aryl methyl sites for hydroxylation is 1. The second-order valence-electron chi connectivity index (χ2n) is 6.49. The smallest absolute Gasteiger partial charge is 0.406 e. The van der Waals surface area contributed by atoms with Crippen molar-refractivity contribution in [2.75, 3.05) is 11.9 Å². The molecular formula is C21H19F3N6O2. The molecule has 3 rings (SSSR count). The average molecular weight is 444 g/mol. The van der Waals surface area contributed by atoms with Gasteiger partial charge in [-0.15, -0.1) is 13.2 Å². The Kier molecular flexibility index (Phi) is 6.57. The van der Waals surface area contributed by atoms with Crippen LogP contribution in [-0.4, -0.2) is 39.8 Å². The predicted octanol–water partition coefficient (Wildman–Crippen LogP) is 3.79. The van der Waals surface area contributed by atoms with Crippen LogP contribution in [0.1, 0.15) is 0 Å². The summed E-state index contributed by atoms with van der Waals surface area (Å²) in [7, 11) is 1.75. The highest BCUT2D eigenvalue weighted by Gasteiger charge is 2.31. The van der Waals surface area contributed by atoms with Crippen molar-refractivity contribution in [1.82, 2.24) is 14.3 Å². The Labute approximate surface area is 181 Å². The van der Waals surface area contributed by atoms with Gasteiger partial charge in [-0.05, 0) is 31.0 Å². The fraction of sp³-hybridized carbons (Fsp3) is 0.143. The van der Waals surface area contributed by atoms with Gasteiger partial charge < -0.3 is 10.1 Å². The zero-order chi connectivity index (χ0) is 23.3. The van der Waals surface area contributed by atoms with Gasteiger partial charge in [-0.25, -0.2) is 9.98 Å². The lowest BCUT2D eigenvalue weighted by atomic mass is 10.1. The number of hydrogen-bond donors (Lipinski definition) is 1. The third-order valence-corrected chi connectivity index (χ3v) is 4.28. The van der Waals surface area contributed by atoms with Crippen molar-refractivity contribution < 1.29 is 17.9 Å². The van der Waals surface area contributed by atoms with Crippen LogP contribution in [0.4, 0.5) is 18.9 Å². The minimum absolute atomic E-state index is 0.190. The minimum Gasteiger partial charge on any atom is -0.406 e. The highest BCUT2D eigenvalue weighted by atomic mass is 19.4. The Morgan fingerprint density at radius 1 is 1.28 bits per heavy atom. The molecule has 0 bridgehead atoms. The predicted molar refractivity (Wildman–Crippen MR) is 117 cm³/mol. The van der Waals surface area contributed by atoms with Crippen LogP contribution < -0.4 is 15.6 Å². The van der Waals surface area contributed by atoms with E-state index in [0.29, 0.717) is 22.8 Å². The summed E-state index contributed by atoms with van der Waals surface area (Å²) in [6.45, 7) is 7.16. The second kappa shape index (κ2) is 9.33. The zero-order valence-corrected chi connectivity index (χ0v) is 17.0. The van der Waals surface area contributed by atoms with Crippen LogP contribution in [0.15, 0.2) is 76.5 Å². The topological polar surface area (TPSA) is 85.8 Å². The number of aliphatic imine (C=N–C) groups is 2. The van der Waals surface area contributed by atoms with Crippen molar-refractivity contribution in [3.05, 3.63) is 72.1 Å². The van der Waals surface area contributed by atoms with Gasteiger partial charge in [0.15, 0.2) is 0 Å². The molecule has 1 N–H and O–H groups in total. The van der Waals surface area contributed by atoms with Gasteiger partial charge in [-0.1, -0.05) is 6.58 Å². The summed E-state index contributed by atoms with van der Waals surface area (Å²) < 4.78 is 44.0. The fourth-order valence-electron chi connectivity index (χ4n) is 2.90. The number of benzene rings is 1. The maximum absolute atomic E-state index is 12.8. The van der Waals surface area contributed by atoms with Crippen molar-refractivity contribution in [3.63, 3.8) is 0 Å². The lowest BCUT2D eigenvalue weighted by Crippen LogP contribution is -2.20. The molecule has 11 heteroatoms. The SMILES string of the molecule is C=CN=C(CNc1cc(=O)n(-c2ccc(OC(F)(F)F)cc2)cc1-c1cnn(C)c1)N=C. The number of ether oxygens (including phenoxy) is 1. The molecule has 0 fully saturated rings. The van der Waals surface area contributed by atoms with Gasteiger partial charge in [-0.2, -0.15) is 5.10 Å². The number of aromatic nitrogens is 3. The van der Waals surface area contributed by atoms with Gasteiger partial charge >= 0.3 is 6.36 Å². The van der Waals surface area contributed by atoms with Crippen molar-refractivity contribution in [2.24, 2.45) is 17.0 Å². The van der Waals surface area contributed by atoms with E-state index >= 15 is 0 Å². The number of rotatable bonds is 7. The molecule has 0 atom stereocenters. The summed E-state index contributed by atoms with van der Waals surface area (Å²) in [6.07, 6.45) is 1.50. The van der Waals surface area contributed by atoms with E-state index in [0.717, 1.165) is 17.7 Å². The molecule has 0 amide bonds. The number of halogens is 3. The minimum atomic E-state index is -4.80. The second-order valence-corrected chi connectivity index (χ2v) is 6.49. The maximum Gasteiger partial charge on any atom is 0.573 e. The number of amidine groups is 1. The van der Waals surface area contributed by atoms with Gasteiger partial charge in [0.05, 0.1) is 12.7 Å². The first kappa shape index (κ1) is 22.5. The largest absolute Gasteiger partial charge is 0.573 e. The molecule has 32 heavy (non-hydrogen) atoms. The van der Waals surface area contributed by atoms with Crippen LogP contribution in [0.25, 0.3) is 16.8 Å². The number of hydrogen-bond acceptors (Lipinski definition) is 5. The van der Waals surface area contributed by atoms with Gasteiger partial charge in [0.25, 0.3) is 5.56 Å². The van der Waals surface area contributed by atoms with Crippen LogP contribution in [0.2, 0.25) is 0 Å². The van der Waals surface area contributed by atoms with E-state index in [4.69, 9.17) is 0 Å². The lowest BCUT2D eigenvalue weighted by molar-refractivity contribution is -0.274. The molecular weight excluding hydrogens is 425 g/mol. The Balaban J connectivity index is 2.02. The first-order valence-corrected chi connectivity index (χ1v) is 9.20. The first-order chi connectivity index (χ1) is 15.2. The van der Waals surface area contributed by atoms with E-state index in [9.17, 15) is 18.0 Å². The summed E-state index contributed by atoms with van der Waals surface area (Å²) >= 11 is 0. The molecule has 1 aromatic carbocycles. The molecule has 0 aliphatic rings. The Morgan fingerprint density at radius 2 is 2.00 bits per heavy atom.